The number of hydrogen-bond donors (Lipinski definition) is 1. The maximum Gasteiger partial charge on any atom is 0.115 e. The van der Waals surface area contributed by atoms with Crippen LogP contribution in [-0.4, -0.2) is 29.1 Å². The molecule has 1 aliphatic carbocycles. The normalized spacial score (nSPS) is 27.4. The van der Waals surface area contributed by atoms with E-state index in [4.69, 9.17) is 0 Å². The largest absolute Gasteiger partial charge is 0.508 e. The zero-order valence-corrected chi connectivity index (χ0v) is 14.2. The number of rotatable bonds is 2. The van der Waals surface area contributed by atoms with Gasteiger partial charge in [0, 0.05) is 6.04 Å². The van der Waals surface area contributed by atoms with Gasteiger partial charge in [0.2, 0.25) is 0 Å². The molecule has 1 aromatic carbocycles. The minimum absolute atomic E-state index is 0. The average molecular weight is 310 g/mol. The Balaban J connectivity index is 0.00000161. The van der Waals surface area contributed by atoms with Gasteiger partial charge in [0.25, 0.3) is 0 Å². The molecule has 0 saturated carbocycles. The fourth-order valence-corrected chi connectivity index (χ4v) is 4.57. The van der Waals surface area contributed by atoms with Crippen LogP contribution < -0.4 is 0 Å². The predicted molar refractivity (Wildman–Crippen MR) is 90.5 cm³/mol. The molecule has 0 amide bonds. The molecular weight excluding hydrogens is 282 g/mol. The molecule has 1 N–H and O–H groups in total. The van der Waals surface area contributed by atoms with Gasteiger partial charge in [-0.1, -0.05) is 26.8 Å². The van der Waals surface area contributed by atoms with Crippen LogP contribution in [0.2, 0.25) is 0 Å². The lowest BCUT2D eigenvalue weighted by atomic mass is 9.60. The van der Waals surface area contributed by atoms with Crippen molar-refractivity contribution in [3.05, 3.63) is 29.3 Å². The molecule has 21 heavy (non-hydrogen) atoms. The summed E-state index contributed by atoms with van der Waals surface area (Å²) in [4.78, 5) is 2.71. The molecule has 0 bridgehead atoms. The number of aromatic hydroxyl groups is 1. The second kappa shape index (κ2) is 6.18. The van der Waals surface area contributed by atoms with Gasteiger partial charge in [-0.05, 0) is 73.4 Å². The van der Waals surface area contributed by atoms with Crippen molar-refractivity contribution in [1.29, 1.82) is 0 Å². The third-order valence-electron chi connectivity index (χ3n) is 5.55. The third kappa shape index (κ3) is 2.80. The van der Waals surface area contributed by atoms with E-state index in [1.165, 1.54) is 43.5 Å². The molecule has 1 fully saturated rings. The molecule has 0 spiro atoms. The smallest absolute Gasteiger partial charge is 0.115 e. The number of benzene rings is 1. The van der Waals surface area contributed by atoms with Crippen LogP contribution in [-0.2, 0) is 11.8 Å². The molecule has 1 aliphatic heterocycles. The lowest BCUT2D eigenvalue weighted by molar-refractivity contribution is 0.0442. The SMILES string of the molecule is CCCN1CCCC2C1Cc1ccc(O)cc1C2(C)C.Cl. The van der Waals surface area contributed by atoms with Gasteiger partial charge in [0.15, 0.2) is 0 Å². The van der Waals surface area contributed by atoms with Crippen LogP contribution in [0.1, 0.15) is 51.2 Å². The number of hydrogen-bond acceptors (Lipinski definition) is 2. The third-order valence-corrected chi connectivity index (χ3v) is 5.55. The Morgan fingerprint density at radius 1 is 1.33 bits per heavy atom. The molecule has 2 nitrogen and oxygen atoms in total. The Morgan fingerprint density at radius 2 is 2.10 bits per heavy atom. The molecule has 1 aromatic rings. The van der Waals surface area contributed by atoms with Crippen LogP contribution in [0.25, 0.3) is 0 Å². The van der Waals surface area contributed by atoms with Gasteiger partial charge in [0.1, 0.15) is 5.75 Å². The standard InChI is InChI=1S/C18H27NO.ClH/c1-4-9-19-10-5-6-15-17(19)11-13-7-8-14(20)12-16(13)18(15,2)3;/h7-8,12,15,17,20H,4-6,9-11H2,1-3H3;1H. The van der Waals surface area contributed by atoms with Crippen molar-refractivity contribution in [2.45, 2.75) is 57.9 Å². The minimum Gasteiger partial charge on any atom is -0.508 e. The van der Waals surface area contributed by atoms with Crippen molar-refractivity contribution in [1.82, 2.24) is 4.90 Å². The van der Waals surface area contributed by atoms with E-state index in [1.807, 2.05) is 12.1 Å². The van der Waals surface area contributed by atoms with E-state index in [0.717, 1.165) is 12.3 Å². The summed E-state index contributed by atoms with van der Waals surface area (Å²) in [6.07, 6.45) is 5.04. The fourth-order valence-electron chi connectivity index (χ4n) is 4.57. The highest BCUT2D eigenvalue weighted by molar-refractivity contribution is 5.85. The first-order valence-corrected chi connectivity index (χ1v) is 8.10. The van der Waals surface area contributed by atoms with E-state index in [0.29, 0.717) is 11.8 Å². The van der Waals surface area contributed by atoms with Gasteiger partial charge in [-0.3, -0.25) is 4.90 Å². The number of nitrogens with zero attached hydrogens (tertiary/aromatic N) is 1. The molecule has 3 rings (SSSR count). The Labute approximate surface area is 135 Å². The molecule has 2 unspecified atom stereocenters. The highest BCUT2D eigenvalue weighted by Gasteiger charge is 2.45. The van der Waals surface area contributed by atoms with Crippen molar-refractivity contribution in [2.75, 3.05) is 13.1 Å². The second-order valence-corrected chi connectivity index (χ2v) is 7.12. The molecule has 2 atom stereocenters. The molecular formula is C18H28ClNO. The minimum atomic E-state index is 0. The van der Waals surface area contributed by atoms with Crippen molar-refractivity contribution in [2.24, 2.45) is 5.92 Å². The van der Waals surface area contributed by atoms with Gasteiger partial charge in [-0.25, -0.2) is 0 Å². The van der Waals surface area contributed by atoms with E-state index in [-0.39, 0.29) is 17.8 Å². The molecule has 0 radical (unpaired) electrons. The van der Waals surface area contributed by atoms with Gasteiger partial charge >= 0.3 is 0 Å². The summed E-state index contributed by atoms with van der Waals surface area (Å²) in [5, 5.41) is 9.84. The van der Waals surface area contributed by atoms with Gasteiger partial charge in [-0.2, -0.15) is 0 Å². The molecule has 3 heteroatoms. The zero-order valence-electron chi connectivity index (χ0n) is 13.4. The Bertz CT molecular complexity index is 498. The first-order valence-electron chi connectivity index (χ1n) is 8.10. The van der Waals surface area contributed by atoms with Crippen molar-refractivity contribution in [3.8, 4) is 5.75 Å². The Kier molecular flexibility index (Phi) is 4.89. The summed E-state index contributed by atoms with van der Waals surface area (Å²) in [5.74, 6) is 1.13. The lowest BCUT2D eigenvalue weighted by Gasteiger charge is -2.52. The molecule has 118 valence electrons. The number of piperidine rings is 1. The zero-order chi connectivity index (χ0) is 14.3. The lowest BCUT2D eigenvalue weighted by Crippen LogP contribution is -2.55. The fraction of sp³-hybridized carbons (Fsp3) is 0.667. The van der Waals surface area contributed by atoms with Gasteiger partial charge in [-0.15, -0.1) is 12.4 Å². The summed E-state index contributed by atoms with van der Waals surface area (Å²) in [5.41, 5.74) is 2.98. The molecule has 1 heterocycles. The van der Waals surface area contributed by atoms with Gasteiger partial charge < -0.3 is 5.11 Å². The van der Waals surface area contributed by atoms with E-state index >= 15 is 0 Å². The maximum atomic E-state index is 9.84. The first kappa shape index (κ1) is 16.6. The summed E-state index contributed by atoms with van der Waals surface area (Å²) in [6.45, 7) is 9.52. The van der Waals surface area contributed by atoms with Crippen LogP contribution in [0.15, 0.2) is 18.2 Å². The van der Waals surface area contributed by atoms with Gasteiger partial charge in [0.05, 0.1) is 0 Å². The Morgan fingerprint density at radius 3 is 2.81 bits per heavy atom. The van der Waals surface area contributed by atoms with Crippen molar-refractivity contribution in [3.63, 3.8) is 0 Å². The highest BCUT2D eigenvalue weighted by Crippen LogP contribution is 2.47. The van der Waals surface area contributed by atoms with Crippen LogP contribution in [0.4, 0.5) is 0 Å². The van der Waals surface area contributed by atoms with E-state index in [9.17, 15) is 5.11 Å². The molecule has 0 aromatic heterocycles. The van der Waals surface area contributed by atoms with E-state index < -0.39 is 0 Å². The monoisotopic (exact) mass is 309 g/mol. The van der Waals surface area contributed by atoms with Crippen LogP contribution in [0, 0.1) is 5.92 Å². The van der Waals surface area contributed by atoms with E-state index in [2.05, 4.69) is 31.7 Å². The summed E-state index contributed by atoms with van der Waals surface area (Å²) in [7, 11) is 0. The number of phenolic OH excluding ortho intramolecular Hbond substituents is 1. The van der Waals surface area contributed by atoms with Crippen molar-refractivity contribution < 1.29 is 5.11 Å². The van der Waals surface area contributed by atoms with E-state index in [1.54, 1.807) is 0 Å². The average Bonchev–Trinajstić information content (AvgIpc) is 2.41. The van der Waals surface area contributed by atoms with Crippen LogP contribution in [0.5, 0.6) is 5.75 Å². The molecule has 1 saturated heterocycles. The maximum absolute atomic E-state index is 9.84. The quantitative estimate of drug-likeness (QED) is 0.887. The topological polar surface area (TPSA) is 23.5 Å². The number of likely N-dealkylation sites (tertiary alicyclic amines) is 1. The van der Waals surface area contributed by atoms with Crippen LogP contribution in [0.3, 0.4) is 0 Å². The number of phenols is 1. The number of fused-ring (bicyclic) bond motifs is 2. The summed E-state index contributed by atoms with van der Waals surface area (Å²) < 4.78 is 0. The van der Waals surface area contributed by atoms with Crippen LogP contribution >= 0.6 is 12.4 Å². The second-order valence-electron chi connectivity index (χ2n) is 7.12. The highest BCUT2D eigenvalue weighted by atomic mass is 35.5. The predicted octanol–water partition coefficient (Wildman–Crippen LogP) is 4.14. The summed E-state index contributed by atoms with van der Waals surface area (Å²) >= 11 is 0. The molecule has 2 aliphatic rings. The van der Waals surface area contributed by atoms with Crippen molar-refractivity contribution >= 4 is 12.4 Å². The first-order chi connectivity index (χ1) is 9.54. The Hall–Kier alpha value is -0.730. The number of halogens is 1. The summed E-state index contributed by atoms with van der Waals surface area (Å²) in [6, 6.07) is 6.68.